The van der Waals surface area contributed by atoms with Gasteiger partial charge in [0.05, 0.1) is 5.41 Å². The van der Waals surface area contributed by atoms with Crippen molar-refractivity contribution < 1.29 is 4.74 Å². The van der Waals surface area contributed by atoms with E-state index in [1.165, 1.54) is 77.9 Å². The van der Waals surface area contributed by atoms with Crippen LogP contribution in [0.3, 0.4) is 0 Å². The number of hydrogen-bond acceptors (Lipinski definition) is 3. The van der Waals surface area contributed by atoms with Gasteiger partial charge in [-0.1, -0.05) is 255 Å². The second kappa shape index (κ2) is 20.9. The van der Waals surface area contributed by atoms with Gasteiger partial charge in [-0.25, -0.2) is 0 Å². The molecule has 2 aliphatic carbocycles. The molecule has 0 atom stereocenters. The quantitative estimate of drug-likeness (QED) is 0.136. The number of ether oxygens (including phenoxy) is 1. The minimum Gasteiger partial charge on any atom is -0.457 e. The van der Waals surface area contributed by atoms with Crippen LogP contribution in [-0.2, 0) is 5.41 Å². The topological polar surface area (TPSA) is 15.7 Å². The highest BCUT2D eigenvalue weighted by molar-refractivity contribution is 6.11. The molecule has 412 valence electrons. The standard InChI is InChI=1S/C85H56N2O/c1-5-21-57(22-6-1)61-37-45-65(46-38-61)86(66-47-39-62(40-48-66)58-23-7-2-8-24-58)69-53-75-73-31-15-13-29-71(73)72-30-14-16-32-74(72)76-54-70(56-80-84(76)83(75)79(55-69)85(80)77-33-17-19-35-81(77)88-82-36-20-18-34-78(82)85)87(67-49-41-63(42-50-67)59-25-9-3-10-26-59)68-51-43-64(44-52-68)60-27-11-4-12-28-60/h1-56H. The van der Waals surface area contributed by atoms with Gasteiger partial charge in [0.25, 0.3) is 0 Å². The van der Waals surface area contributed by atoms with E-state index in [2.05, 4.69) is 350 Å². The SMILES string of the molecule is c1ccc(-c2ccc(N(c3ccc(-c4ccccc4)cc3)c3cc4c5c(c3)C3(c6ccccc6Oc6ccccc63)c3cc(N(c6ccc(-c7ccccc7)cc6)c6ccc(-c7ccccc7)cc6)cc(c3-5)-c3ccccc3-c3ccccc3-4)cc2)cc1. The lowest BCUT2D eigenvalue weighted by molar-refractivity contribution is 0.436. The predicted octanol–water partition coefficient (Wildman–Crippen LogP) is 23.1. The maximum Gasteiger partial charge on any atom is 0.132 e. The first-order valence-electron chi connectivity index (χ1n) is 30.3. The van der Waals surface area contributed by atoms with E-state index in [4.69, 9.17) is 4.74 Å². The summed E-state index contributed by atoms with van der Waals surface area (Å²) in [5.41, 5.74) is 28.9. The minimum absolute atomic E-state index is 0.837. The van der Waals surface area contributed by atoms with Gasteiger partial charge in [0.2, 0.25) is 0 Å². The lowest BCUT2D eigenvalue weighted by atomic mass is 9.65. The van der Waals surface area contributed by atoms with Gasteiger partial charge in [-0.05, 0) is 185 Å². The van der Waals surface area contributed by atoms with E-state index in [-0.39, 0.29) is 0 Å². The Morgan fingerprint density at radius 1 is 0.193 bits per heavy atom. The van der Waals surface area contributed by atoms with E-state index >= 15 is 0 Å². The van der Waals surface area contributed by atoms with E-state index in [9.17, 15) is 0 Å². The van der Waals surface area contributed by atoms with Crippen molar-refractivity contribution in [3.8, 4) is 101 Å². The molecule has 0 amide bonds. The molecule has 0 fully saturated rings. The van der Waals surface area contributed by atoms with Gasteiger partial charge >= 0.3 is 0 Å². The molecule has 3 heteroatoms. The normalized spacial score (nSPS) is 12.5. The van der Waals surface area contributed by atoms with Gasteiger partial charge in [-0.15, -0.1) is 0 Å². The molecule has 17 rings (SSSR count). The van der Waals surface area contributed by atoms with Crippen molar-refractivity contribution in [3.63, 3.8) is 0 Å². The highest BCUT2D eigenvalue weighted by atomic mass is 16.5. The largest absolute Gasteiger partial charge is 0.457 e. The lowest BCUT2D eigenvalue weighted by Crippen LogP contribution is -2.32. The molecule has 0 bridgehead atoms. The maximum absolute atomic E-state index is 7.13. The predicted molar refractivity (Wildman–Crippen MR) is 365 cm³/mol. The molecule has 0 saturated heterocycles. The zero-order valence-corrected chi connectivity index (χ0v) is 48.1. The summed E-state index contributed by atoms with van der Waals surface area (Å²) in [6.07, 6.45) is 0. The van der Waals surface area contributed by atoms with Crippen LogP contribution in [0.4, 0.5) is 34.1 Å². The van der Waals surface area contributed by atoms with Gasteiger partial charge in [0.15, 0.2) is 0 Å². The fourth-order valence-corrected chi connectivity index (χ4v) is 14.3. The number of benzene rings is 14. The van der Waals surface area contributed by atoms with Crippen LogP contribution in [0, 0.1) is 0 Å². The molecule has 3 aliphatic rings. The third-order valence-corrected chi connectivity index (χ3v) is 18.3. The number of hydrogen-bond donors (Lipinski definition) is 0. The van der Waals surface area contributed by atoms with Crippen molar-refractivity contribution in [1.29, 1.82) is 0 Å². The molecule has 1 heterocycles. The first kappa shape index (κ1) is 50.9. The third-order valence-electron chi connectivity index (χ3n) is 18.3. The molecule has 0 unspecified atom stereocenters. The van der Waals surface area contributed by atoms with Gasteiger partial charge in [-0.3, -0.25) is 0 Å². The highest BCUT2D eigenvalue weighted by Crippen LogP contribution is 2.68. The summed E-state index contributed by atoms with van der Waals surface area (Å²) in [6, 6.07) is 125. The van der Waals surface area contributed by atoms with Crippen LogP contribution in [-0.4, -0.2) is 0 Å². The summed E-state index contributed by atoms with van der Waals surface area (Å²) in [4.78, 5) is 4.94. The molecule has 0 saturated carbocycles. The molecule has 14 aromatic rings. The van der Waals surface area contributed by atoms with E-state index in [1.807, 2.05) is 0 Å². The molecule has 3 nitrogen and oxygen atoms in total. The fraction of sp³-hybridized carbons (Fsp3) is 0.0118. The Morgan fingerprint density at radius 2 is 0.443 bits per heavy atom. The van der Waals surface area contributed by atoms with E-state index in [0.29, 0.717) is 0 Å². The van der Waals surface area contributed by atoms with Crippen molar-refractivity contribution >= 4 is 34.1 Å². The molecule has 14 aromatic carbocycles. The lowest BCUT2D eigenvalue weighted by Gasteiger charge is -2.40. The summed E-state index contributed by atoms with van der Waals surface area (Å²) in [6.45, 7) is 0. The minimum atomic E-state index is -0.889. The summed E-state index contributed by atoms with van der Waals surface area (Å²) >= 11 is 0. The third kappa shape index (κ3) is 8.27. The maximum atomic E-state index is 7.13. The van der Waals surface area contributed by atoms with Crippen molar-refractivity contribution in [2.24, 2.45) is 0 Å². The number of anilines is 6. The summed E-state index contributed by atoms with van der Waals surface area (Å²) in [7, 11) is 0. The number of nitrogens with zero attached hydrogens (tertiary/aromatic N) is 2. The average molecular weight is 1120 g/mol. The van der Waals surface area contributed by atoms with Crippen LogP contribution >= 0.6 is 0 Å². The average Bonchev–Trinajstić information content (AvgIpc) is 1.49. The zero-order valence-electron chi connectivity index (χ0n) is 48.1. The Bertz CT molecular complexity index is 4460. The molecule has 0 aromatic heterocycles. The van der Waals surface area contributed by atoms with E-state index in [0.717, 1.165) is 79.0 Å². The van der Waals surface area contributed by atoms with Gasteiger partial charge in [0.1, 0.15) is 11.5 Å². The molecule has 1 spiro atoms. The highest BCUT2D eigenvalue weighted by Gasteiger charge is 2.54. The van der Waals surface area contributed by atoms with Crippen LogP contribution in [0.25, 0.3) is 89.0 Å². The number of para-hydroxylation sites is 2. The van der Waals surface area contributed by atoms with Crippen molar-refractivity contribution in [2.75, 3.05) is 9.80 Å². The second-order valence-corrected chi connectivity index (χ2v) is 23.1. The van der Waals surface area contributed by atoms with Crippen LogP contribution in [0.5, 0.6) is 11.5 Å². The summed E-state index contributed by atoms with van der Waals surface area (Å²) < 4.78 is 7.13. The van der Waals surface area contributed by atoms with Crippen LogP contribution in [0.15, 0.2) is 340 Å². The Labute approximate surface area is 513 Å². The van der Waals surface area contributed by atoms with Gasteiger partial charge < -0.3 is 14.5 Å². The molecular weight excluding hydrogens is 1060 g/mol. The van der Waals surface area contributed by atoms with Gasteiger partial charge in [-0.2, -0.15) is 0 Å². The first-order chi connectivity index (χ1) is 43.6. The molecule has 0 radical (unpaired) electrons. The Balaban J connectivity index is 0.978. The number of fused-ring (bicyclic) bond motifs is 11. The molecular formula is C85H56N2O. The van der Waals surface area contributed by atoms with Crippen LogP contribution in [0.2, 0.25) is 0 Å². The van der Waals surface area contributed by atoms with Crippen LogP contribution in [0.1, 0.15) is 22.3 Å². The van der Waals surface area contributed by atoms with Crippen molar-refractivity contribution in [2.45, 2.75) is 5.41 Å². The molecule has 1 aliphatic heterocycles. The Hall–Kier alpha value is -11.5. The second-order valence-electron chi connectivity index (χ2n) is 23.1. The molecule has 88 heavy (non-hydrogen) atoms. The van der Waals surface area contributed by atoms with E-state index in [1.54, 1.807) is 0 Å². The summed E-state index contributed by atoms with van der Waals surface area (Å²) in [5.74, 6) is 1.67. The first-order valence-corrected chi connectivity index (χ1v) is 30.3. The Morgan fingerprint density at radius 3 is 0.750 bits per heavy atom. The zero-order chi connectivity index (χ0) is 58.1. The van der Waals surface area contributed by atoms with Crippen molar-refractivity contribution in [1.82, 2.24) is 0 Å². The summed E-state index contributed by atoms with van der Waals surface area (Å²) in [5, 5.41) is 0. The van der Waals surface area contributed by atoms with Crippen LogP contribution < -0.4 is 14.5 Å². The number of rotatable bonds is 10. The van der Waals surface area contributed by atoms with Gasteiger partial charge in [0, 0.05) is 45.3 Å². The Kier molecular flexibility index (Phi) is 12.1. The monoisotopic (exact) mass is 1120 g/mol. The van der Waals surface area contributed by atoms with E-state index < -0.39 is 5.41 Å². The van der Waals surface area contributed by atoms with Crippen molar-refractivity contribution in [3.05, 3.63) is 362 Å². The molecule has 0 N–H and O–H groups in total. The smallest absolute Gasteiger partial charge is 0.132 e. The fourth-order valence-electron chi connectivity index (χ4n) is 14.3.